The number of nitrogens with zero attached hydrogens (tertiary/aromatic N) is 3. The lowest BCUT2D eigenvalue weighted by Crippen LogP contribution is -2.07. The molecule has 0 saturated carbocycles. The zero-order chi connectivity index (χ0) is 20.8. The molecular formula is C21H18N4O4. The van der Waals surface area contributed by atoms with E-state index in [4.69, 9.17) is 4.74 Å². The molecule has 1 heterocycles. The summed E-state index contributed by atoms with van der Waals surface area (Å²) in [5, 5.41) is 13.5. The largest absolute Gasteiger partial charge is 0.424 e. The summed E-state index contributed by atoms with van der Waals surface area (Å²) in [6.45, 7) is 3.71. The molecule has 1 aromatic heterocycles. The van der Waals surface area contributed by atoms with Crippen molar-refractivity contribution in [2.45, 2.75) is 13.8 Å². The Balaban J connectivity index is 1.67. The molecule has 0 aliphatic rings. The predicted octanol–water partition coefficient (Wildman–Crippen LogP) is 4.45. The first-order valence-corrected chi connectivity index (χ1v) is 8.73. The summed E-state index contributed by atoms with van der Waals surface area (Å²) < 4.78 is 5.67. The number of rotatable bonds is 6. The van der Waals surface area contributed by atoms with E-state index < -0.39 is 4.92 Å². The maximum absolute atomic E-state index is 12.2. The highest BCUT2D eigenvalue weighted by Crippen LogP contribution is 2.22. The molecule has 0 unspecified atom stereocenters. The number of nitro benzene ring substituents is 1. The summed E-state index contributed by atoms with van der Waals surface area (Å²) in [6.07, 6.45) is 2.81. The van der Waals surface area contributed by atoms with Crippen LogP contribution in [0.15, 0.2) is 60.7 Å². The van der Waals surface area contributed by atoms with Crippen molar-refractivity contribution in [3.63, 3.8) is 0 Å². The number of hydrogen-bond acceptors (Lipinski definition) is 6. The highest BCUT2D eigenvalue weighted by atomic mass is 16.6. The van der Waals surface area contributed by atoms with Crippen molar-refractivity contribution < 1.29 is 14.5 Å². The van der Waals surface area contributed by atoms with Crippen LogP contribution in [-0.2, 0) is 4.79 Å². The first-order valence-electron chi connectivity index (χ1n) is 8.73. The smallest absolute Gasteiger partial charge is 0.322 e. The number of aryl methyl sites for hydroxylation is 2. The van der Waals surface area contributed by atoms with Crippen molar-refractivity contribution in [3.05, 3.63) is 87.7 Å². The Hall–Kier alpha value is -4.07. The molecule has 8 heteroatoms. The van der Waals surface area contributed by atoms with Gasteiger partial charge in [0.2, 0.25) is 5.91 Å². The van der Waals surface area contributed by atoms with Crippen molar-refractivity contribution in [2.24, 2.45) is 0 Å². The molecule has 0 aliphatic heterocycles. The molecule has 1 amide bonds. The third kappa shape index (κ3) is 5.70. The van der Waals surface area contributed by atoms with Crippen LogP contribution in [0.25, 0.3) is 6.08 Å². The monoisotopic (exact) mass is 390 g/mol. The molecule has 0 bridgehead atoms. The van der Waals surface area contributed by atoms with Gasteiger partial charge in [0.05, 0.1) is 4.92 Å². The second-order valence-electron chi connectivity index (χ2n) is 6.24. The summed E-state index contributed by atoms with van der Waals surface area (Å²) in [5.74, 6) is 0.103. The highest BCUT2D eigenvalue weighted by molar-refractivity contribution is 6.02. The number of anilines is 1. The zero-order valence-corrected chi connectivity index (χ0v) is 15.8. The van der Waals surface area contributed by atoms with Crippen molar-refractivity contribution in [1.29, 1.82) is 0 Å². The van der Waals surface area contributed by atoms with E-state index in [1.165, 1.54) is 24.3 Å². The number of carbonyl (C=O) groups excluding carboxylic acids is 1. The van der Waals surface area contributed by atoms with Gasteiger partial charge < -0.3 is 10.1 Å². The fourth-order valence-corrected chi connectivity index (χ4v) is 2.58. The van der Waals surface area contributed by atoms with E-state index in [1.807, 2.05) is 19.9 Å². The number of nitrogens with one attached hydrogen (secondary N) is 1. The molecule has 8 nitrogen and oxygen atoms in total. The molecule has 146 valence electrons. The van der Waals surface area contributed by atoms with E-state index in [0.29, 0.717) is 17.0 Å². The number of nitro groups is 1. The van der Waals surface area contributed by atoms with E-state index >= 15 is 0 Å². The van der Waals surface area contributed by atoms with Crippen LogP contribution in [0.2, 0.25) is 0 Å². The van der Waals surface area contributed by atoms with Crippen molar-refractivity contribution in [3.8, 4) is 11.8 Å². The topological polar surface area (TPSA) is 107 Å². The van der Waals surface area contributed by atoms with Gasteiger partial charge in [-0.05, 0) is 43.7 Å². The molecule has 2 aromatic carbocycles. The van der Waals surface area contributed by atoms with Gasteiger partial charge in [0, 0.05) is 41.4 Å². The lowest BCUT2D eigenvalue weighted by molar-refractivity contribution is -0.384. The molecule has 1 N–H and O–H groups in total. The van der Waals surface area contributed by atoms with Crippen LogP contribution < -0.4 is 10.1 Å². The third-order valence-electron chi connectivity index (χ3n) is 3.78. The molecule has 3 rings (SSSR count). The van der Waals surface area contributed by atoms with Gasteiger partial charge in [-0.15, -0.1) is 0 Å². The van der Waals surface area contributed by atoms with Crippen LogP contribution in [0.1, 0.15) is 17.0 Å². The van der Waals surface area contributed by atoms with Crippen LogP contribution in [0.4, 0.5) is 11.4 Å². The third-order valence-corrected chi connectivity index (χ3v) is 3.78. The zero-order valence-electron chi connectivity index (χ0n) is 15.8. The fraction of sp³-hybridized carbons (Fsp3) is 0.0952. The summed E-state index contributed by atoms with van der Waals surface area (Å²) in [6, 6.07) is 14.9. The highest BCUT2D eigenvalue weighted by Gasteiger charge is 2.06. The average molecular weight is 390 g/mol. The van der Waals surface area contributed by atoms with Crippen LogP contribution >= 0.6 is 0 Å². The Morgan fingerprint density at radius 1 is 1.07 bits per heavy atom. The number of aromatic nitrogens is 2. The summed E-state index contributed by atoms with van der Waals surface area (Å²) in [5.41, 5.74) is 2.64. The van der Waals surface area contributed by atoms with Crippen LogP contribution in [0.3, 0.4) is 0 Å². The summed E-state index contributed by atoms with van der Waals surface area (Å²) >= 11 is 0. The summed E-state index contributed by atoms with van der Waals surface area (Å²) in [4.78, 5) is 30.9. The van der Waals surface area contributed by atoms with Gasteiger partial charge in [-0.25, -0.2) is 9.97 Å². The molecule has 0 spiro atoms. The van der Waals surface area contributed by atoms with E-state index in [1.54, 1.807) is 36.4 Å². The molecule has 29 heavy (non-hydrogen) atoms. The van der Waals surface area contributed by atoms with E-state index in [0.717, 1.165) is 11.4 Å². The van der Waals surface area contributed by atoms with Gasteiger partial charge in [0.15, 0.2) is 0 Å². The number of hydrogen-bond donors (Lipinski definition) is 1. The van der Waals surface area contributed by atoms with Gasteiger partial charge in [0.25, 0.3) is 5.69 Å². The molecule has 0 radical (unpaired) electrons. The number of amides is 1. The Morgan fingerprint density at radius 2 is 1.79 bits per heavy atom. The lowest BCUT2D eigenvalue weighted by Gasteiger charge is -2.08. The molecular weight excluding hydrogens is 372 g/mol. The molecule has 0 atom stereocenters. The minimum absolute atomic E-state index is 0.0361. The fourth-order valence-electron chi connectivity index (χ4n) is 2.58. The molecule has 0 saturated heterocycles. The Kier molecular flexibility index (Phi) is 5.94. The minimum atomic E-state index is -0.484. The number of non-ortho nitro benzene ring substituents is 1. The first-order chi connectivity index (χ1) is 13.9. The van der Waals surface area contributed by atoms with Crippen LogP contribution in [0.5, 0.6) is 11.8 Å². The van der Waals surface area contributed by atoms with Gasteiger partial charge in [0.1, 0.15) is 5.75 Å². The number of ether oxygens (including phenoxy) is 1. The standard InChI is InChI=1S/C21H18N4O4/c1-14-11-15(2)23-21(22-14)29-19-8-4-6-17(13-19)24-20(26)10-9-16-5-3-7-18(12-16)25(27)28/h3-13H,1-2H3,(H,24,26)/b10-9+. The maximum atomic E-state index is 12.2. The quantitative estimate of drug-likeness (QED) is 0.379. The number of carbonyl (C=O) groups is 1. The second kappa shape index (κ2) is 8.75. The summed E-state index contributed by atoms with van der Waals surface area (Å²) in [7, 11) is 0. The SMILES string of the molecule is Cc1cc(C)nc(Oc2cccc(NC(=O)/C=C/c3cccc([N+](=O)[O-])c3)c2)n1. The minimum Gasteiger partial charge on any atom is -0.424 e. The van der Waals surface area contributed by atoms with E-state index in [2.05, 4.69) is 15.3 Å². The van der Waals surface area contributed by atoms with E-state index in [-0.39, 0.29) is 17.6 Å². The van der Waals surface area contributed by atoms with Crippen molar-refractivity contribution in [2.75, 3.05) is 5.32 Å². The van der Waals surface area contributed by atoms with Gasteiger partial charge in [-0.1, -0.05) is 18.2 Å². The van der Waals surface area contributed by atoms with Crippen LogP contribution in [-0.4, -0.2) is 20.8 Å². The second-order valence-corrected chi connectivity index (χ2v) is 6.24. The van der Waals surface area contributed by atoms with Gasteiger partial charge >= 0.3 is 6.01 Å². The Bertz CT molecular complexity index is 1080. The van der Waals surface area contributed by atoms with Gasteiger partial charge in [-0.2, -0.15) is 0 Å². The van der Waals surface area contributed by atoms with Crippen LogP contribution in [0, 0.1) is 24.0 Å². The van der Waals surface area contributed by atoms with Crippen molar-refractivity contribution in [1.82, 2.24) is 9.97 Å². The average Bonchev–Trinajstić information content (AvgIpc) is 2.66. The number of benzene rings is 2. The Morgan fingerprint density at radius 3 is 2.52 bits per heavy atom. The van der Waals surface area contributed by atoms with Gasteiger partial charge in [-0.3, -0.25) is 14.9 Å². The molecule has 0 aliphatic carbocycles. The molecule has 3 aromatic rings. The maximum Gasteiger partial charge on any atom is 0.322 e. The Labute approximate surface area is 167 Å². The van der Waals surface area contributed by atoms with E-state index in [9.17, 15) is 14.9 Å². The predicted molar refractivity (Wildman–Crippen MR) is 109 cm³/mol. The molecule has 0 fully saturated rings. The van der Waals surface area contributed by atoms with Crippen molar-refractivity contribution >= 4 is 23.4 Å². The first kappa shape index (κ1) is 19.7. The normalized spacial score (nSPS) is 10.7. The lowest BCUT2D eigenvalue weighted by atomic mass is 10.2.